The van der Waals surface area contributed by atoms with E-state index in [-0.39, 0.29) is 0 Å². The molecule has 0 aliphatic carbocycles. The Bertz CT molecular complexity index is 1100. The SMILES string of the molecule is CN1CCN(CC/C(N)=C2/c3ccccc3Sc3ccc(S(=O)(=O)N(C)C)cc32)CC1. The van der Waals surface area contributed by atoms with E-state index in [1.165, 1.54) is 4.31 Å². The van der Waals surface area contributed by atoms with Crippen molar-refractivity contribution in [2.75, 3.05) is 53.9 Å². The van der Waals surface area contributed by atoms with Crippen molar-refractivity contribution in [3.63, 3.8) is 0 Å². The van der Waals surface area contributed by atoms with E-state index in [4.69, 9.17) is 5.73 Å². The molecule has 8 heteroatoms. The van der Waals surface area contributed by atoms with Crippen LogP contribution in [-0.4, -0.2) is 76.4 Å². The molecule has 2 aliphatic heterocycles. The second kappa shape index (κ2) is 8.96. The van der Waals surface area contributed by atoms with Crippen LogP contribution in [0.25, 0.3) is 5.57 Å². The number of likely N-dealkylation sites (N-methyl/N-ethyl adjacent to an activating group) is 1. The normalized spacial score (nSPS) is 19.2. The smallest absolute Gasteiger partial charge is 0.242 e. The highest BCUT2D eigenvalue weighted by Gasteiger charge is 2.26. The number of benzene rings is 2. The van der Waals surface area contributed by atoms with Crippen LogP contribution < -0.4 is 5.73 Å². The third-order valence-corrected chi connectivity index (χ3v) is 8.95. The van der Waals surface area contributed by atoms with Crippen LogP contribution in [0, 0.1) is 0 Å². The maximum absolute atomic E-state index is 12.8. The molecule has 1 fully saturated rings. The molecule has 0 atom stereocenters. The van der Waals surface area contributed by atoms with E-state index in [1.54, 1.807) is 38.0 Å². The largest absolute Gasteiger partial charge is 0.401 e. The summed E-state index contributed by atoms with van der Waals surface area (Å²) in [6, 6.07) is 13.6. The fourth-order valence-electron chi connectivity index (χ4n) is 4.01. The first-order chi connectivity index (χ1) is 14.8. The summed E-state index contributed by atoms with van der Waals surface area (Å²) >= 11 is 1.66. The summed E-state index contributed by atoms with van der Waals surface area (Å²) < 4.78 is 26.8. The number of rotatable bonds is 5. The molecule has 0 radical (unpaired) electrons. The second-order valence-electron chi connectivity index (χ2n) is 8.34. The summed E-state index contributed by atoms with van der Waals surface area (Å²) in [6.07, 6.45) is 0.752. The van der Waals surface area contributed by atoms with E-state index in [0.29, 0.717) is 4.90 Å². The van der Waals surface area contributed by atoms with Gasteiger partial charge in [-0.3, -0.25) is 0 Å². The van der Waals surface area contributed by atoms with E-state index >= 15 is 0 Å². The molecule has 0 bridgehead atoms. The summed E-state index contributed by atoms with van der Waals surface area (Å²) in [5, 5.41) is 0. The minimum atomic E-state index is -3.52. The zero-order chi connectivity index (χ0) is 22.2. The first kappa shape index (κ1) is 22.4. The molecule has 1 saturated heterocycles. The van der Waals surface area contributed by atoms with Gasteiger partial charge in [0.25, 0.3) is 0 Å². The van der Waals surface area contributed by atoms with Crippen molar-refractivity contribution in [3.8, 4) is 0 Å². The molecule has 31 heavy (non-hydrogen) atoms. The standard InChI is InChI=1S/C23H30N4O2S2/c1-25(2)31(28,29)17-8-9-22-19(16-17)23(18-6-4-5-7-21(18)30-22)20(24)10-11-27-14-12-26(3)13-15-27/h4-9,16H,10-15,24H2,1-3H3/b23-20+. The average Bonchev–Trinajstić information content (AvgIpc) is 2.76. The van der Waals surface area contributed by atoms with Crippen LogP contribution in [0.1, 0.15) is 17.5 Å². The molecule has 166 valence electrons. The molecule has 0 spiro atoms. The van der Waals surface area contributed by atoms with Gasteiger partial charge in [0.05, 0.1) is 4.90 Å². The third kappa shape index (κ3) is 4.54. The predicted molar refractivity (Wildman–Crippen MR) is 127 cm³/mol. The lowest BCUT2D eigenvalue weighted by Gasteiger charge is -2.32. The molecular weight excluding hydrogens is 428 g/mol. The number of hydrogen-bond donors (Lipinski definition) is 1. The molecule has 2 N–H and O–H groups in total. The van der Waals surface area contributed by atoms with Gasteiger partial charge in [-0.25, -0.2) is 12.7 Å². The molecule has 6 nitrogen and oxygen atoms in total. The quantitative estimate of drug-likeness (QED) is 0.634. The van der Waals surface area contributed by atoms with Crippen LogP contribution in [0.5, 0.6) is 0 Å². The average molecular weight is 459 g/mol. The number of piperazine rings is 1. The summed E-state index contributed by atoms with van der Waals surface area (Å²) in [5.74, 6) is 0. The van der Waals surface area contributed by atoms with Crippen molar-refractivity contribution in [1.82, 2.24) is 14.1 Å². The van der Waals surface area contributed by atoms with E-state index in [0.717, 1.165) is 71.3 Å². The number of nitrogens with zero attached hydrogens (tertiary/aromatic N) is 3. The van der Waals surface area contributed by atoms with Crippen molar-refractivity contribution in [1.29, 1.82) is 0 Å². The van der Waals surface area contributed by atoms with Gasteiger partial charge in [0.1, 0.15) is 0 Å². The minimum absolute atomic E-state index is 0.292. The molecule has 2 aliphatic rings. The van der Waals surface area contributed by atoms with Gasteiger partial charge < -0.3 is 15.5 Å². The summed E-state index contributed by atoms with van der Waals surface area (Å²) in [4.78, 5) is 7.27. The fourth-order valence-corrected chi connectivity index (χ4v) is 6.01. The van der Waals surface area contributed by atoms with Gasteiger partial charge in [0.15, 0.2) is 0 Å². The van der Waals surface area contributed by atoms with Crippen LogP contribution in [0.4, 0.5) is 0 Å². The number of nitrogens with two attached hydrogens (primary N) is 1. The fraction of sp³-hybridized carbons (Fsp3) is 0.391. The van der Waals surface area contributed by atoms with Gasteiger partial charge in [-0.05, 0) is 42.4 Å². The molecule has 2 aromatic carbocycles. The topological polar surface area (TPSA) is 69.9 Å². The van der Waals surface area contributed by atoms with E-state index in [2.05, 4.69) is 29.0 Å². The Kier molecular flexibility index (Phi) is 6.46. The van der Waals surface area contributed by atoms with E-state index in [1.807, 2.05) is 18.2 Å². The van der Waals surface area contributed by atoms with Crippen molar-refractivity contribution < 1.29 is 8.42 Å². The number of hydrogen-bond acceptors (Lipinski definition) is 6. The van der Waals surface area contributed by atoms with Gasteiger partial charge in [-0.2, -0.15) is 0 Å². The Labute approximate surface area is 189 Å². The highest BCUT2D eigenvalue weighted by Crippen LogP contribution is 2.47. The lowest BCUT2D eigenvalue weighted by Crippen LogP contribution is -2.44. The van der Waals surface area contributed by atoms with Crippen molar-refractivity contribution >= 4 is 27.4 Å². The Morgan fingerprint density at radius 3 is 2.42 bits per heavy atom. The molecule has 0 unspecified atom stereocenters. The second-order valence-corrected chi connectivity index (χ2v) is 11.6. The highest BCUT2D eigenvalue weighted by atomic mass is 32.2. The van der Waals surface area contributed by atoms with Gasteiger partial charge in [-0.15, -0.1) is 0 Å². The van der Waals surface area contributed by atoms with Crippen molar-refractivity contribution in [2.24, 2.45) is 5.73 Å². The molecular formula is C23H30N4O2S2. The molecule has 0 amide bonds. The minimum Gasteiger partial charge on any atom is -0.401 e. The maximum atomic E-state index is 12.8. The number of fused-ring (bicyclic) bond motifs is 2. The molecule has 4 rings (SSSR count). The lowest BCUT2D eigenvalue weighted by molar-refractivity contribution is 0.155. The number of sulfonamides is 1. The Hall–Kier alpha value is -1.84. The molecule has 0 aromatic heterocycles. The maximum Gasteiger partial charge on any atom is 0.242 e. The Balaban J connectivity index is 1.73. The van der Waals surface area contributed by atoms with Crippen LogP contribution >= 0.6 is 11.8 Å². The molecule has 2 heterocycles. The van der Waals surface area contributed by atoms with Gasteiger partial charge >= 0.3 is 0 Å². The van der Waals surface area contributed by atoms with Crippen LogP contribution in [0.2, 0.25) is 0 Å². The Morgan fingerprint density at radius 2 is 1.71 bits per heavy atom. The highest BCUT2D eigenvalue weighted by molar-refractivity contribution is 7.99. The summed E-state index contributed by atoms with van der Waals surface area (Å²) in [7, 11) is 1.74. The van der Waals surface area contributed by atoms with Gasteiger partial charge in [0, 0.05) is 74.3 Å². The first-order valence-electron chi connectivity index (χ1n) is 10.5. The van der Waals surface area contributed by atoms with Crippen molar-refractivity contribution in [3.05, 3.63) is 59.3 Å². The van der Waals surface area contributed by atoms with Crippen molar-refractivity contribution in [2.45, 2.75) is 21.1 Å². The summed E-state index contributed by atoms with van der Waals surface area (Å²) in [6.45, 7) is 5.15. The van der Waals surface area contributed by atoms with Gasteiger partial charge in [0.2, 0.25) is 10.0 Å². The van der Waals surface area contributed by atoms with Crippen LogP contribution in [0.3, 0.4) is 0 Å². The summed E-state index contributed by atoms with van der Waals surface area (Å²) in [5.41, 5.74) is 10.5. The molecule has 0 saturated carbocycles. The monoisotopic (exact) mass is 458 g/mol. The van der Waals surface area contributed by atoms with Gasteiger partial charge in [-0.1, -0.05) is 30.0 Å². The van der Waals surface area contributed by atoms with Crippen LogP contribution in [-0.2, 0) is 10.0 Å². The molecule has 2 aromatic rings. The zero-order valence-electron chi connectivity index (χ0n) is 18.3. The lowest BCUT2D eigenvalue weighted by atomic mass is 9.94. The first-order valence-corrected chi connectivity index (χ1v) is 12.8. The van der Waals surface area contributed by atoms with E-state index < -0.39 is 10.0 Å². The van der Waals surface area contributed by atoms with Crippen LogP contribution in [0.15, 0.2) is 62.8 Å². The Morgan fingerprint density at radius 1 is 1.03 bits per heavy atom. The zero-order valence-corrected chi connectivity index (χ0v) is 20.0. The third-order valence-electron chi connectivity index (χ3n) is 5.99. The van der Waals surface area contributed by atoms with E-state index in [9.17, 15) is 8.42 Å². The predicted octanol–water partition coefficient (Wildman–Crippen LogP) is 2.76.